The average molecular weight is 325 g/mol. The van der Waals surface area contributed by atoms with Gasteiger partial charge in [0.15, 0.2) is 0 Å². The summed E-state index contributed by atoms with van der Waals surface area (Å²) in [7, 11) is 1.88. The lowest BCUT2D eigenvalue weighted by Crippen LogP contribution is -2.45. The van der Waals surface area contributed by atoms with Gasteiger partial charge >= 0.3 is 0 Å². The van der Waals surface area contributed by atoms with Crippen molar-refractivity contribution in [1.29, 1.82) is 0 Å². The van der Waals surface area contributed by atoms with E-state index in [1.165, 1.54) is 0 Å². The van der Waals surface area contributed by atoms with E-state index in [0.717, 1.165) is 37.5 Å². The number of hydrogen-bond acceptors (Lipinski definition) is 4. The van der Waals surface area contributed by atoms with E-state index in [9.17, 15) is 4.79 Å². The normalized spacial score (nSPS) is 15.8. The van der Waals surface area contributed by atoms with Gasteiger partial charge in [0.25, 0.3) is 0 Å². The van der Waals surface area contributed by atoms with Gasteiger partial charge in [0.05, 0.1) is 0 Å². The minimum absolute atomic E-state index is 0.0142. The minimum Gasteiger partial charge on any atom is -0.462 e. The molecule has 2 aromatic rings. The Bertz CT molecular complexity index is 700. The smallest absolute Gasteiger partial charge is 0.246 e. The molecule has 0 N–H and O–H groups in total. The van der Waals surface area contributed by atoms with Crippen LogP contribution < -0.4 is 4.90 Å². The van der Waals surface area contributed by atoms with Gasteiger partial charge in [0.1, 0.15) is 17.3 Å². The summed E-state index contributed by atoms with van der Waals surface area (Å²) in [6, 6.07) is 9.98. The van der Waals surface area contributed by atoms with Crippen LogP contribution in [0.2, 0.25) is 0 Å². The Hall–Kier alpha value is -2.56. The first-order chi connectivity index (χ1) is 11.6. The number of anilines is 1. The fourth-order valence-electron chi connectivity index (χ4n) is 3.02. The molecule has 0 aliphatic carbocycles. The molecule has 1 saturated heterocycles. The molecule has 0 aromatic carbocycles. The van der Waals surface area contributed by atoms with Gasteiger partial charge < -0.3 is 14.2 Å². The number of pyridine rings is 1. The van der Waals surface area contributed by atoms with E-state index in [1.807, 2.05) is 55.4 Å². The van der Waals surface area contributed by atoms with Crippen LogP contribution >= 0.6 is 0 Å². The Labute approximate surface area is 142 Å². The number of piperidine rings is 1. The van der Waals surface area contributed by atoms with Gasteiger partial charge in [-0.25, -0.2) is 4.98 Å². The number of rotatable bonds is 4. The van der Waals surface area contributed by atoms with Crippen LogP contribution in [-0.2, 0) is 4.79 Å². The zero-order valence-corrected chi connectivity index (χ0v) is 14.2. The SMILES string of the molecule is Cc1ccc(/C=C\C(=O)N(C)C2CCN(c3ccccn3)CC2)o1. The number of hydrogen-bond donors (Lipinski definition) is 0. The Kier molecular flexibility index (Phi) is 4.99. The van der Waals surface area contributed by atoms with Crippen molar-refractivity contribution < 1.29 is 9.21 Å². The predicted molar refractivity (Wildman–Crippen MR) is 94.7 cm³/mol. The van der Waals surface area contributed by atoms with E-state index in [4.69, 9.17) is 4.42 Å². The summed E-state index contributed by atoms with van der Waals surface area (Å²) in [5.74, 6) is 2.58. The number of amides is 1. The van der Waals surface area contributed by atoms with E-state index in [-0.39, 0.29) is 11.9 Å². The maximum atomic E-state index is 12.3. The quantitative estimate of drug-likeness (QED) is 0.811. The molecule has 3 rings (SSSR count). The van der Waals surface area contributed by atoms with Crippen LogP contribution in [0.3, 0.4) is 0 Å². The summed E-state index contributed by atoms with van der Waals surface area (Å²) in [4.78, 5) is 20.9. The summed E-state index contributed by atoms with van der Waals surface area (Å²) in [6.45, 7) is 3.72. The van der Waals surface area contributed by atoms with Gasteiger partial charge in [0, 0.05) is 38.5 Å². The van der Waals surface area contributed by atoms with Crippen molar-refractivity contribution >= 4 is 17.8 Å². The molecule has 0 bridgehead atoms. The Morgan fingerprint density at radius 3 is 2.71 bits per heavy atom. The maximum Gasteiger partial charge on any atom is 0.246 e. The van der Waals surface area contributed by atoms with E-state index in [2.05, 4.69) is 9.88 Å². The highest BCUT2D eigenvalue weighted by Gasteiger charge is 2.24. The van der Waals surface area contributed by atoms with Gasteiger partial charge in [-0.05, 0) is 50.1 Å². The molecule has 1 aliphatic heterocycles. The van der Waals surface area contributed by atoms with Crippen molar-refractivity contribution in [3.05, 3.63) is 54.1 Å². The second-order valence-electron chi connectivity index (χ2n) is 6.14. The van der Waals surface area contributed by atoms with Crippen LogP contribution in [0.5, 0.6) is 0 Å². The van der Waals surface area contributed by atoms with Crippen molar-refractivity contribution in [2.75, 3.05) is 25.0 Å². The standard InChI is InChI=1S/C19H23N3O2/c1-15-6-7-17(24-15)8-9-19(23)21(2)16-10-13-22(14-11-16)18-5-3-4-12-20-18/h3-9,12,16H,10-11,13-14H2,1-2H3/b9-8-. The van der Waals surface area contributed by atoms with Gasteiger partial charge in [-0.1, -0.05) is 6.07 Å². The fourth-order valence-corrected chi connectivity index (χ4v) is 3.02. The lowest BCUT2D eigenvalue weighted by molar-refractivity contribution is -0.127. The van der Waals surface area contributed by atoms with Gasteiger partial charge in [-0.2, -0.15) is 0 Å². The van der Waals surface area contributed by atoms with E-state index in [0.29, 0.717) is 5.76 Å². The second kappa shape index (κ2) is 7.34. The molecule has 0 radical (unpaired) electrons. The van der Waals surface area contributed by atoms with Crippen LogP contribution in [0.15, 0.2) is 47.0 Å². The van der Waals surface area contributed by atoms with Crippen molar-refractivity contribution in [1.82, 2.24) is 9.88 Å². The number of carbonyl (C=O) groups is 1. The summed E-state index contributed by atoms with van der Waals surface area (Å²) in [5, 5.41) is 0. The number of likely N-dealkylation sites (N-methyl/N-ethyl adjacent to an activating group) is 1. The number of furan rings is 1. The van der Waals surface area contributed by atoms with Gasteiger partial charge in [-0.3, -0.25) is 4.79 Å². The molecule has 0 saturated carbocycles. The molecule has 5 nitrogen and oxygen atoms in total. The third-order valence-corrected chi connectivity index (χ3v) is 4.48. The first kappa shape index (κ1) is 16.3. The molecule has 1 aliphatic rings. The highest BCUT2D eigenvalue weighted by molar-refractivity contribution is 5.91. The second-order valence-corrected chi connectivity index (χ2v) is 6.14. The molecule has 1 fully saturated rings. The Morgan fingerprint density at radius 1 is 1.29 bits per heavy atom. The van der Waals surface area contributed by atoms with Crippen molar-refractivity contribution in [3.8, 4) is 0 Å². The molecule has 24 heavy (non-hydrogen) atoms. The van der Waals surface area contributed by atoms with Crippen LogP contribution in [0.1, 0.15) is 24.4 Å². The first-order valence-corrected chi connectivity index (χ1v) is 8.31. The highest BCUT2D eigenvalue weighted by atomic mass is 16.3. The summed E-state index contributed by atoms with van der Waals surface area (Å²) < 4.78 is 5.45. The van der Waals surface area contributed by atoms with E-state index in [1.54, 1.807) is 12.2 Å². The lowest BCUT2D eigenvalue weighted by atomic mass is 10.0. The van der Waals surface area contributed by atoms with Crippen LogP contribution in [0.4, 0.5) is 5.82 Å². The van der Waals surface area contributed by atoms with Crippen molar-refractivity contribution in [3.63, 3.8) is 0 Å². The topological polar surface area (TPSA) is 49.6 Å². The third kappa shape index (κ3) is 3.85. The molecule has 1 amide bonds. The Balaban J connectivity index is 1.53. The molecular weight excluding hydrogens is 302 g/mol. The largest absolute Gasteiger partial charge is 0.462 e. The highest BCUT2D eigenvalue weighted by Crippen LogP contribution is 2.20. The third-order valence-electron chi connectivity index (χ3n) is 4.48. The molecule has 126 valence electrons. The van der Waals surface area contributed by atoms with Gasteiger partial charge in [0.2, 0.25) is 5.91 Å². The predicted octanol–water partition coefficient (Wildman–Crippen LogP) is 3.12. The van der Waals surface area contributed by atoms with Crippen LogP contribution in [0, 0.1) is 6.92 Å². The fraction of sp³-hybridized carbons (Fsp3) is 0.368. The van der Waals surface area contributed by atoms with E-state index < -0.39 is 0 Å². The molecule has 0 spiro atoms. The number of aryl methyl sites for hydroxylation is 1. The lowest BCUT2D eigenvalue weighted by Gasteiger charge is -2.36. The summed E-state index contributed by atoms with van der Waals surface area (Å²) in [5.41, 5.74) is 0. The van der Waals surface area contributed by atoms with Crippen LogP contribution in [0.25, 0.3) is 6.08 Å². The summed E-state index contributed by atoms with van der Waals surface area (Å²) >= 11 is 0. The Morgan fingerprint density at radius 2 is 2.08 bits per heavy atom. The van der Waals surface area contributed by atoms with Crippen molar-refractivity contribution in [2.45, 2.75) is 25.8 Å². The number of carbonyl (C=O) groups excluding carboxylic acids is 1. The zero-order chi connectivity index (χ0) is 16.9. The molecule has 2 aromatic heterocycles. The molecule has 0 atom stereocenters. The minimum atomic E-state index is 0.0142. The first-order valence-electron chi connectivity index (χ1n) is 8.31. The molecule has 3 heterocycles. The maximum absolute atomic E-state index is 12.3. The average Bonchev–Trinajstić information content (AvgIpc) is 3.05. The molecule has 0 unspecified atom stereocenters. The molecule has 5 heteroatoms. The zero-order valence-electron chi connectivity index (χ0n) is 14.2. The van der Waals surface area contributed by atoms with E-state index >= 15 is 0 Å². The number of aromatic nitrogens is 1. The number of nitrogens with zero attached hydrogens (tertiary/aromatic N) is 3. The monoisotopic (exact) mass is 325 g/mol. The van der Waals surface area contributed by atoms with Crippen molar-refractivity contribution in [2.24, 2.45) is 0 Å². The summed E-state index contributed by atoms with van der Waals surface area (Å²) in [6.07, 6.45) is 7.04. The van der Waals surface area contributed by atoms with Crippen LogP contribution in [-0.4, -0.2) is 42.0 Å². The molecular formula is C19H23N3O2. The van der Waals surface area contributed by atoms with Gasteiger partial charge in [-0.15, -0.1) is 0 Å².